The van der Waals surface area contributed by atoms with E-state index in [0.717, 1.165) is 23.2 Å². The van der Waals surface area contributed by atoms with Gasteiger partial charge >= 0.3 is 0 Å². The molecule has 322 valence electrons. The van der Waals surface area contributed by atoms with Crippen molar-refractivity contribution in [1.82, 2.24) is 9.97 Å². The second-order valence-corrected chi connectivity index (χ2v) is 20.2. The molecule has 0 N–H and O–H groups in total. The third kappa shape index (κ3) is 4.92. The molecule has 0 bridgehead atoms. The number of hydrogen-bond donors (Lipinski definition) is 0. The summed E-state index contributed by atoms with van der Waals surface area (Å²) >= 11 is 0. The highest BCUT2D eigenvalue weighted by Gasteiger charge is 2.56. The normalized spacial score (nSPS) is 18.9. The zero-order valence-electron chi connectivity index (χ0n) is 38.5. The quantitative estimate of drug-likeness (QED) is 0.176. The minimum Gasteiger partial charge on any atom is -0.264 e. The summed E-state index contributed by atoms with van der Waals surface area (Å²) in [5.41, 5.74) is 25.7. The first-order chi connectivity index (χ1) is 33.4. The van der Waals surface area contributed by atoms with E-state index in [1.165, 1.54) is 100 Å². The van der Waals surface area contributed by atoms with E-state index in [4.69, 9.17) is 9.97 Å². The molecule has 2 unspecified atom stereocenters. The molecule has 0 saturated carbocycles. The van der Waals surface area contributed by atoms with Crippen molar-refractivity contribution < 1.29 is 0 Å². The minimum atomic E-state index is -0.530. The molecule has 0 aliphatic heterocycles. The number of fused-ring (bicyclic) bond motifs is 18. The Morgan fingerprint density at radius 1 is 0.353 bits per heavy atom. The van der Waals surface area contributed by atoms with Crippen LogP contribution in [-0.2, 0) is 28.1 Å². The molecule has 4 aliphatic rings. The molecule has 2 heterocycles. The van der Waals surface area contributed by atoms with Gasteiger partial charge in [-0.05, 0) is 131 Å². The average Bonchev–Trinajstić information content (AvgIpc) is 3.86. The summed E-state index contributed by atoms with van der Waals surface area (Å²) in [6.07, 6.45) is 6.65. The lowest BCUT2D eigenvalue weighted by molar-refractivity contribution is 0.515. The third-order valence-corrected chi connectivity index (χ3v) is 16.6. The smallest absolute Gasteiger partial charge is 0.0725 e. The molecule has 2 aromatic heterocycles. The van der Waals surface area contributed by atoms with Crippen LogP contribution in [0.2, 0.25) is 0 Å². The van der Waals surface area contributed by atoms with Crippen molar-refractivity contribution in [3.05, 3.63) is 297 Å². The molecule has 8 aromatic carbocycles. The standard InChI is InChI=1S/C66H48N2/c1-63(2)54-26-10-12-28-57(54)65(60-39-43(33-35-55(60)63)61-31-14-15-37-68-61)50-23-7-6-21-48(50)49-38-42(32-34-53(49)65)40-64(3)56-27-11-13-29-58(56)66(51-24-8-4-19-46(51)47-20-5-9-25-52(47)66)62-45(22-16-30-59(62)64)44-18-17-36-67-41-44/h4-39,41H,40H2,1-3H3. The zero-order chi connectivity index (χ0) is 45.4. The highest BCUT2D eigenvalue weighted by molar-refractivity contribution is 5.93. The van der Waals surface area contributed by atoms with Crippen LogP contribution >= 0.6 is 0 Å². The molecule has 10 aromatic rings. The number of aromatic nitrogens is 2. The van der Waals surface area contributed by atoms with Gasteiger partial charge in [0.2, 0.25) is 0 Å². The molecule has 0 saturated heterocycles. The van der Waals surface area contributed by atoms with Gasteiger partial charge in [0.05, 0.1) is 16.5 Å². The molecule has 2 nitrogen and oxygen atoms in total. The van der Waals surface area contributed by atoms with E-state index < -0.39 is 16.2 Å². The molecule has 4 aliphatic carbocycles. The number of benzene rings is 8. The molecule has 0 amide bonds. The number of rotatable bonds is 4. The van der Waals surface area contributed by atoms with Crippen LogP contribution in [0.3, 0.4) is 0 Å². The van der Waals surface area contributed by atoms with E-state index in [2.05, 4.69) is 221 Å². The van der Waals surface area contributed by atoms with E-state index >= 15 is 0 Å². The lowest BCUT2D eigenvalue weighted by atomic mass is 9.53. The van der Waals surface area contributed by atoms with E-state index in [9.17, 15) is 0 Å². The highest BCUT2D eigenvalue weighted by Crippen LogP contribution is 2.66. The van der Waals surface area contributed by atoms with Gasteiger partial charge in [0.1, 0.15) is 0 Å². The van der Waals surface area contributed by atoms with E-state index in [1.807, 2.05) is 24.7 Å². The molecule has 0 radical (unpaired) electrons. The molecule has 2 atom stereocenters. The fraction of sp³-hybridized carbons (Fsp3) is 0.121. The summed E-state index contributed by atoms with van der Waals surface area (Å²) in [6, 6.07) is 78.3. The molecule has 0 fully saturated rings. The van der Waals surface area contributed by atoms with Crippen LogP contribution < -0.4 is 0 Å². The molecular formula is C66H48N2. The van der Waals surface area contributed by atoms with E-state index in [0.29, 0.717) is 0 Å². The lowest BCUT2D eigenvalue weighted by Crippen LogP contribution is -2.43. The highest BCUT2D eigenvalue weighted by atomic mass is 14.7. The molecule has 68 heavy (non-hydrogen) atoms. The van der Waals surface area contributed by atoms with Crippen molar-refractivity contribution in [1.29, 1.82) is 0 Å². The predicted molar refractivity (Wildman–Crippen MR) is 276 cm³/mol. The molecule has 2 heteroatoms. The van der Waals surface area contributed by atoms with Gasteiger partial charge in [0.15, 0.2) is 0 Å². The average molecular weight is 869 g/mol. The second kappa shape index (κ2) is 14.0. The zero-order valence-corrected chi connectivity index (χ0v) is 38.5. The first kappa shape index (κ1) is 39.2. The van der Waals surface area contributed by atoms with E-state index in [1.54, 1.807) is 0 Å². The van der Waals surface area contributed by atoms with Crippen molar-refractivity contribution in [2.24, 2.45) is 0 Å². The fourth-order valence-corrected chi connectivity index (χ4v) is 13.9. The van der Waals surface area contributed by atoms with Gasteiger partial charge < -0.3 is 0 Å². The summed E-state index contributed by atoms with van der Waals surface area (Å²) in [6.45, 7) is 7.31. The monoisotopic (exact) mass is 868 g/mol. The minimum absolute atomic E-state index is 0.208. The molecule has 14 rings (SSSR count). The number of pyridine rings is 2. The van der Waals surface area contributed by atoms with Crippen LogP contribution in [0.15, 0.2) is 225 Å². The van der Waals surface area contributed by atoms with Gasteiger partial charge in [-0.3, -0.25) is 9.97 Å². The van der Waals surface area contributed by atoms with Crippen molar-refractivity contribution >= 4 is 0 Å². The number of nitrogens with zero attached hydrogens (tertiary/aromatic N) is 2. The SMILES string of the molecule is CC1(C)c2ccccc2C2(c3ccccc3-c3cc(CC4(C)c5ccccc5C5(c6ccccc6-c6ccccc65)c5c(-c6cccnc6)cccc54)ccc32)c2cc(-c3ccccn3)ccc21. The van der Waals surface area contributed by atoms with Gasteiger partial charge in [-0.25, -0.2) is 0 Å². The maximum atomic E-state index is 4.85. The second-order valence-electron chi connectivity index (χ2n) is 20.2. The summed E-state index contributed by atoms with van der Waals surface area (Å²) in [5.74, 6) is 0. The van der Waals surface area contributed by atoms with Gasteiger partial charge in [-0.1, -0.05) is 203 Å². The Labute approximate surface area is 398 Å². The Morgan fingerprint density at radius 3 is 1.57 bits per heavy atom. The van der Waals surface area contributed by atoms with Crippen LogP contribution in [-0.4, -0.2) is 9.97 Å². The van der Waals surface area contributed by atoms with E-state index in [-0.39, 0.29) is 5.41 Å². The van der Waals surface area contributed by atoms with Crippen LogP contribution in [0.4, 0.5) is 0 Å². The summed E-state index contributed by atoms with van der Waals surface area (Å²) in [7, 11) is 0. The molecule has 2 spiro atoms. The summed E-state index contributed by atoms with van der Waals surface area (Å²) < 4.78 is 0. The Kier molecular flexibility index (Phi) is 8.11. The Balaban J connectivity index is 1.01. The fourth-order valence-electron chi connectivity index (χ4n) is 13.9. The Morgan fingerprint density at radius 2 is 0.897 bits per heavy atom. The van der Waals surface area contributed by atoms with Crippen molar-refractivity contribution in [3.63, 3.8) is 0 Å². The van der Waals surface area contributed by atoms with Crippen LogP contribution in [0.25, 0.3) is 44.6 Å². The van der Waals surface area contributed by atoms with Crippen LogP contribution in [0, 0.1) is 0 Å². The maximum Gasteiger partial charge on any atom is 0.0725 e. The Hall–Kier alpha value is -7.94. The predicted octanol–water partition coefficient (Wildman–Crippen LogP) is 15.0. The summed E-state index contributed by atoms with van der Waals surface area (Å²) in [4.78, 5) is 9.56. The van der Waals surface area contributed by atoms with Crippen LogP contribution in [0.1, 0.15) is 93.1 Å². The van der Waals surface area contributed by atoms with Gasteiger partial charge in [0.25, 0.3) is 0 Å². The maximum absolute atomic E-state index is 4.85. The van der Waals surface area contributed by atoms with Crippen molar-refractivity contribution in [3.8, 4) is 44.6 Å². The lowest BCUT2D eigenvalue weighted by Gasteiger charge is -2.49. The first-order valence-electron chi connectivity index (χ1n) is 24.1. The molecular weight excluding hydrogens is 821 g/mol. The Bertz CT molecular complexity index is 3670. The topological polar surface area (TPSA) is 25.8 Å². The largest absolute Gasteiger partial charge is 0.264 e. The first-order valence-corrected chi connectivity index (χ1v) is 24.1. The number of hydrogen-bond acceptors (Lipinski definition) is 2. The van der Waals surface area contributed by atoms with Crippen molar-refractivity contribution in [2.45, 2.75) is 48.9 Å². The van der Waals surface area contributed by atoms with Gasteiger partial charge in [0, 0.05) is 40.5 Å². The van der Waals surface area contributed by atoms with Gasteiger partial charge in [-0.2, -0.15) is 0 Å². The summed E-state index contributed by atoms with van der Waals surface area (Å²) in [5, 5.41) is 0. The third-order valence-electron chi connectivity index (χ3n) is 16.6. The van der Waals surface area contributed by atoms with Crippen molar-refractivity contribution in [2.75, 3.05) is 0 Å². The van der Waals surface area contributed by atoms with Gasteiger partial charge in [-0.15, -0.1) is 0 Å². The van der Waals surface area contributed by atoms with Crippen LogP contribution in [0.5, 0.6) is 0 Å².